The molecule has 0 saturated heterocycles. The first-order chi connectivity index (χ1) is 7.63. The van der Waals surface area contributed by atoms with E-state index in [9.17, 15) is 9.59 Å². The Morgan fingerprint density at radius 1 is 1.25 bits per heavy atom. The molecule has 0 unspecified atom stereocenters. The molecule has 0 aromatic heterocycles. The maximum atomic E-state index is 11.3. The lowest BCUT2D eigenvalue weighted by Crippen LogP contribution is -2.07. The highest BCUT2D eigenvalue weighted by Crippen LogP contribution is 2.13. The standard InChI is InChI=1S/C12H14O4/c1-2-3-4-11(13)16-10-7-5-9(6-8-10)12(14)15/h5-8H,2-4H2,1H3,(H,14,15). The van der Waals surface area contributed by atoms with Crippen LogP contribution in [-0.2, 0) is 4.79 Å². The smallest absolute Gasteiger partial charge is 0.335 e. The third kappa shape index (κ3) is 3.73. The van der Waals surface area contributed by atoms with Gasteiger partial charge in [-0.25, -0.2) is 4.79 Å². The molecule has 0 radical (unpaired) electrons. The number of benzene rings is 1. The minimum Gasteiger partial charge on any atom is -0.478 e. The number of hydrogen-bond acceptors (Lipinski definition) is 3. The first kappa shape index (κ1) is 12.2. The van der Waals surface area contributed by atoms with Crippen LogP contribution < -0.4 is 4.74 Å². The molecule has 0 aliphatic carbocycles. The SMILES string of the molecule is CCCCC(=O)Oc1ccc(C(=O)O)cc1. The van der Waals surface area contributed by atoms with Gasteiger partial charge in [0.1, 0.15) is 5.75 Å². The van der Waals surface area contributed by atoms with Gasteiger partial charge < -0.3 is 9.84 Å². The van der Waals surface area contributed by atoms with Crippen LogP contribution in [-0.4, -0.2) is 17.0 Å². The number of aromatic carboxylic acids is 1. The summed E-state index contributed by atoms with van der Waals surface area (Å²) in [6.45, 7) is 1.99. The molecule has 0 atom stereocenters. The Balaban J connectivity index is 2.55. The number of carbonyl (C=O) groups is 2. The summed E-state index contributed by atoms with van der Waals surface area (Å²) in [5.74, 6) is -0.903. The van der Waals surface area contributed by atoms with Crippen molar-refractivity contribution in [2.75, 3.05) is 0 Å². The maximum Gasteiger partial charge on any atom is 0.335 e. The zero-order valence-electron chi connectivity index (χ0n) is 9.10. The first-order valence-corrected chi connectivity index (χ1v) is 5.17. The van der Waals surface area contributed by atoms with Crippen LogP contribution in [0.3, 0.4) is 0 Å². The third-order valence-corrected chi connectivity index (χ3v) is 2.07. The number of unbranched alkanes of at least 4 members (excludes halogenated alkanes) is 1. The van der Waals surface area contributed by atoms with Crippen molar-refractivity contribution in [3.63, 3.8) is 0 Å². The molecule has 0 amide bonds. The van der Waals surface area contributed by atoms with E-state index in [1.807, 2.05) is 6.92 Å². The zero-order valence-corrected chi connectivity index (χ0v) is 9.10. The molecule has 1 aromatic rings. The quantitative estimate of drug-likeness (QED) is 0.614. The van der Waals surface area contributed by atoms with Gasteiger partial charge in [-0.2, -0.15) is 0 Å². The van der Waals surface area contributed by atoms with Gasteiger partial charge in [0.2, 0.25) is 0 Å². The second kappa shape index (κ2) is 5.90. The molecule has 1 N–H and O–H groups in total. The molecule has 0 aliphatic heterocycles. The summed E-state index contributed by atoms with van der Waals surface area (Å²) in [6, 6.07) is 5.77. The molecule has 1 rings (SSSR count). The molecular weight excluding hydrogens is 208 g/mol. The lowest BCUT2D eigenvalue weighted by Gasteiger charge is -2.03. The van der Waals surface area contributed by atoms with Crippen LogP contribution in [0.25, 0.3) is 0 Å². The van der Waals surface area contributed by atoms with Crippen LogP contribution in [0.4, 0.5) is 0 Å². The predicted molar refractivity (Wildman–Crippen MR) is 58.6 cm³/mol. The Labute approximate surface area is 93.9 Å². The molecule has 0 bridgehead atoms. The number of ether oxygens (including phenoxy) is 1. The largest absolute Gasteiger partial charge is 0.478 e. The summed E-state index contributed by atoms with van der Waals surface area (Å²) < 4.78 is 5.02. The fourth-order valence-corrected chi connectivity index (χ4v) is 1.17. The summed E-state index contributed by atoms with van der Waals surface area (Å²) in [4.78, 5) is 21.8. The van der Waals surface area contributed by atoms with Gasteiger partial charge in [0, 0.05) is 6.42 Å². The van der Waals surface area contributed by atoms with Gasteiger partial charge in [-0.05, 0) is 30.7 Å². The second-order valence-electron chi connectivity index (χ2n) is 3.41. The minimum absolute atomic E-state index is 0.174. The van der Waals surface area contributed by atoms with E-state index in [4.69, 9.17) is 9.84 Å². The average molecular weight is 222 g/mol. The highest BCUT2D eigenvalue weighted by Gasteiger charge is 2.05. The van der Waals surface area contributed by atoms with Crippen molar-refractivity contribution in [2.24, 2.45) is 0 Å². The predicted octanol–water partition coefficient (Wildman–Crippen LogP) is 2.48. The summed E-state index contributed by atoms with van der Waals surface area (Å²) in [7, 11) is 0. The van der Waals surface area contributed by atoms with Gasteiger partial charge in [-0.1, -0.05) is 13.3 Å². The van der Waals surface area contributed by atoms with Crippen LogP contribution in [0.2, 0.25) is 0 Å². The van der Waals surface area contributed by atoms with Crippen molar-refractivity contribution in [3.8, 4) is 5.75 Å². The molecule has 4 heteroatoms. The monoisotopic (exact) mass is 222 g/mol. The number of hydrogen-bond donors (Lipinski definition) is 1. The fourth-order valence-electron chi connectivity index (χ4n) is 1.17. The van der Waals surface area contributed by atoms with Crippen LogP contribution in [0.5, 0.6) is 5.75 Å². The molecule has 1 aromatic carbocycles. The first-order valence-electron chi connectivity index (χ1n) is 5.17. The van der Waals surface area contributed by atoms with Crippen molar-refractivity contribution in [2.45, 2.75) is 26.2 Å². The topological polar surface area (TPSA) is 63.6 Å². The number of esters is 1. The van der Waals surface area contributed by atoms with Crippen molar-refractivity contribution >= 4 is 11.9 Å². The Morgan fingerprint density at radius 2 is 1.88 bits per heavy atom. The van der Waals surface area contributed by atoms with Gasteiger partial charge in [-0.15, -0.1) is 0 Å². The normalized spacial score (nSPS) is 9.81. The molecular formula is C12H14O4. The van der Waals surface area contributed by atoms with Gasteiger partial charge >= 0.3 is 11.9 Å². The Kier molecular flexibility index (Phi) is 4.51. The van der Waals surface area contributed by atoms with Crippen LogP contribution >= 0.6 is 0 Å². The third-order valence-electron chi connectivity index (χ3n) is 2.07. The summed E-state index contributed by atoms with van der Waals surface area (Å²) in [5, 5.41) is 8.67. The molecule has 86 valence electrons. The lowest BCUT2D eigenvalue weighted by atomic mass is 10.2. The Hall–Kier alpha value is -1.84. The second-order valence-corrected chi connectivity index (χ2v) is 3.41. The molecule has 0 saturated carbocycles. The highest BCUT2D eigenvalue weighted by atomic mass is 16.5. The van der Waals surface area contributed by atoms with Gasteiger partial charge in [0.15, 0.2) is 0 Å². The molecule has 0 heterocycles. The highest BCUT2D eigenvalue weighted by molar-refractivity contribution is 5.87. The number of rotatable bonds is 5. The number of carboxylic acid groups (broad SMARTS) is 1. The molecule has 0 spiro atoms. The average Bonchev–Trinajstić information content (AvgIpc) is 2.27. The van der Waals surface area contributed by atoms with Gasteiger partial charge in [-0.3, -0.25) is 4.79 Å². The molecule has 4 nitrogen and oxygen atoms in total. The van der Waals surface area contributed by atoms with E-state index in [1.165, 1.54) is 24.3 Å². The van der Waals surface area contributed by atoms with Crippen LogP contribution in [0.1, 0.15) is 36.5 Å². The van der Waals surface area contributed by atoms with Gasteiger partial charge in [0.05, 0.1) is 5.56 Å². The van der Waals surface area contributed by atoms with E-state index in [-0.39, 0.29) is 11.5 Å². The van der Waals surface area contributed by atoms with E-state index in [2.05, 4.69) is 0 Å². The fraction of sp³-hybridized carbons (Fsp3) is 0.333. The van der Waals surface area contributed by atoms with E-state index in [1.54, 1.807) is 0 Å². The maximum absolute atomic E-state index is 11.3. The van der Waals surface area contributed by atoms with Crippen molar-refractivity contribution < 1.29 is 19.4 Å². The van der Waals surface area contributed by atoms with E-state index >= 15 is 0 Å². The summed E-state index contributed by atoms with van der Waals surface area (Å²) >= 11 is 0. The van der Waals surface area contributed by atoms with E-state index < -0.39 is 5.97 Å². The van der Waals surface area contributed by atoms with E-state index in [0.717, 1.165) is 12.8 Å². The number of carbonyl (C=O) groups excluding carboxylic acids is 1. The molecule has 0 fully saturated rings. The van der Waals surface area contributed by atoms with Crippen molar-refractivity contribution in [3.05, 3.63) is 29.8 Å². The van der Waals surface area contributed by atoms with Crippen molar-refractivity contribution in [1.29, 1.82) is 0 Å². The zero-order chi connectivity index (χ0) is 12.0. The van der Waals surface area contributed by atoms with Crippen LogP contribution in [0.15, 0.2) is 24.3 Å². The van der Waals surface area contributed by atoms with E-state index in [0.29, 0.717) is 12.2 Å². The summed E-state index contributed by atoms with van der Waals surface area (Å²) in [5.41, 5.74) is 0.174. The van der Waals surface area contributed by atoms with Gasteiger partial charge in [0.25, 0.3) is 0 Å². The number of carboxylic acids is 1. The van der Waals surface area contributed by atoms with Crippen LogP contribution in [0, 0.1) is 0 Å². The Bertz CT molecular complexity index is 367. The lowest BCUT2D eigenvalue weighted by molar-refractivity contribution is -0.134. The van der Waals surface area contributed by atoms with Crippen molar-refractivity contribution in [1.82, 2.24) is 0 Å². The minimum atomic E-state index is -0.996. The molecule has 0 aliphatic rings. The Morgan fingerprint density at radius 3 is 2.38 bits per heavy atom. The summed E-state index contributed by atoms with van der Waals surface area (Å²) in [6.07, 6.45) is 2.12. The molecule has 16 heavy (non-hydrogen) atoms.